The summed E-state index contributed by atoms with van der Waals surface area (Å²) >= 11 is 0. The Kier molecular flexibility index (Phi) is 6.99. The summed E-state index contributed by atoms with van der Waals surface area (Å²) in [7, 11) is 0. The molecule has 2 saturated heterocycles. The van der Waals surface area contributed by atoms with Crippen LogP contribution in [0, 0.1) is 0 Å². The van der Waals surface area contributed by atoms with Gasteiger partial charge in [0, 0.05) is 29.1 Å². The Labute approximate surface area is 244 Å². The maximum atomic E-state index is 13.1. The van der Waals surface area contributed by atoms with E-state index in [0.29, 0.717) is 22.7 Å². The summed E-state index contributed by atoms with van der Waals surface area (Å²) in [5.74, 6) is 0.879. The normalized spacial score (nSPS) is 21.9. The third kappa shape index (κ3) is 5.53. The van der Waals surface area contributed by atoms with Crippen LogP contribution in [0.1, 0.15) is 73.2 Å². The Balaban J connectivity index is 1.08. The van der Waals surface area contributed by atoms with Crippen molar-refractivity contribution in [2.75, 3.05) is 11.5 Å². The Morgan fingerprint density at radius 3 is 2.56 bits per heavy atom. The molecule has 0 amide bonds. The SMILES string of the molecule is CCOC(=O)c1cn2nc(N3C4CCC3CC(OCc3c(-c5ccccc5OC(F)(F)F)noc3C3CC3)C4)ccc2n1. The molecule has 3 fully saturated rings. The fraction of sp³-hybridized carbons (Fsp3) is 0.467. The minimum Gasteiger partial charge on any atom is -0.461 e. The molecule has 226 valence electrons. The van der Waals surface area contributed by atoms with Crippen LogP contribution in [0.25, 0.3) is 16.9 Å². The Hall–Kier alpha value is -4.13. The third-order valence-electron chi connectivity index (χ3n) is 8.34. The van der Waals surface area contributed by atoms with Crippen LogP contribution in [-0.4, -0.2) is 56.9 Å². The molecule has 1 aromatic carbocycles. The second-order valence-corrected chi connectivity index (χ2v) is 11.2. The molecule has 43 heavy (non-hydrogen) atoms. The lowest BCUT2D eigenvalue weighted by molar-refractivity contribution is -0.274. The van der Waals surface area contributed by atoms with E-state index in [1.165, 1.54) is 12.1 Å². The number of para-hydroxylation sites is 1. The Morgan fingerprint density at radius 2 is 1.84 bits per heavy atom. The van der Waals surface area contributed by atoms with Gasteiger partial charge >= 0.3 is 12.3 Å². The number of hydrogen-bond donors (Lipinski definition) is 0. The van der Waals surface area contributed by atoms with Crippen LogP contribution in [-0.2, 0) is 16.1 Å². The van der Waals surface area contributed by atoms with E-state index in [1.807, 2.05) is 12.1 Å². The third-order valence-corrected chi connectivity index (χ3v) is 8.34. The van der Waals surface area contributed by atoms with Crippen molar-refractivity contribution < 1.29 is 36.7 Å². The van der Waals surface area contributed by atoms with Crippen LogP contribution in [0.4, 0.5) is 19.0 Å². The van der Waals surface area contributed by atoms with Crippen LogP contribution in [0.3, 0.4) is 0 Å². The van der Waals surface area contributed by atoms with Crippen molar-refractivity contribution in [3.63, 3.8) is 0 Å². The lowest BCUT2D eigenvalue weighted by Crippen LogP contribution is -2.46. The van der Waals surface area contributed by atoms with Crippen molar-refractivity contribution in [2.24, 2.45) is 0 Å². The number of hydrogen-bond acceptors (Lipinski definition) is 9. The van der Waals surface area contributed by atoms with E-state index in [4.69, 9.17) is 19.1 Å². The second-order valence-electron chi connectivity index (χ2n) is 11.2. The highest BCUT2D eigenvalue weighted by Crippen LogP contribution is 2.46. The van der Waals surface area contributed by atoms with E-state index in [2.05, 4.69) is 19.8 Å². The maximum absolute atomic E-state index is 13.1. The van der Waals surface area contributed by atoms with Gasteiger partial charge in [-0.2, -0.15) is 0 Å². The fourth-order valence-electron chi connectivity index (χ4n) is 6.37. The topological polar surface area (TPSA) is 104 Å². The monoisotopic (exact) mass is 597 g/mol. The Bertz CT molecular complexity index is 1630. The number of alkyl halides is 3. The predicted octanol–water partition coefficient (Wildman–Crippen LogP) is 6.05. The largest absolute Gasteiger partial charge is 0.573 e. The van der Waals surface area contributed by atoms with Crippen LogP contribution in [0.5, 0.6) is 5.75 Å². The number of nitrogens with zero attached hydrogens (tertiary/aromatic N) is 5. The van der Waals surface area contributed by atoms with Gasteiger partial charge in [-0.05, 0) is 69.7 Å². The van der Waals surface area contributed by atoms with Crippen LogP contribution >= 0.6 is 0 Å². The van der Waals surface area contributed by atoms with Gasteiger partial charge < -0.3 is 23.6 Å². The molecule has 13 heteroatoms. The maximum Gasteiger partial charge on any atom is 0.573 e. The van der Waals surface area contributed by atoms with Gasteiger partial charge in [0.25, 0.3) is 0 Å². The molecular formula is C30H30F3N5O5. The molecule has 2 atom stereocenters. The first-order valence-electron chi connectivity index (χ1n) is 14.5. The minimum atomic E-state index is -4.83. The van der Waals surface area contributed by atoms with Crippen molar-refractivity contribution in [2.45, 2.75) is 82.5 Å². The molecular weight excluding hydrogens is 567 g/mol. The molecule has 4 aromatic rings. The summed E-state index contributed by atoms with van der Waals surface area (Å²) in [5.41, 5.74) is 2.00. The number of piperidine rings is 1. The fourth-order valence-corrected chi connectivity index (χ4v) is 6.37. The zero-order valence-corrected chi connectivity index (χ0v) is 23.4. The highest BCUT2D eigenvalue weighted by atomic mass is 19.4. The van der Waals surface area contributed by atoms with Gasteiger partial charge in [0.05, 0.1) is 25.5 Å². The van der Waals surface area contributed by atoms with Crippen molar-refractivity contribution in [3.8, 4) is 17.0 Å². The second kappa shape index (κ2) is 10.9. The first-order chi connectivity index (χ1) is 20.8. The summed E-state index contributed by atoms with van der Waals surface area (Å²) in [6.07, 6.45) is 2.15. The number of anilines is 1. The van der Waals surface area contributed by atoms with E-state index in [-0.39, 0.29) is 54.3 Å². The van der Waals surface area contributed by atoms with Gasteiger partial charge in [0.1, 0.15) is 23.0 Å². The molecule has 3 aromatic heterocycles. The molecule has 0 N–H and O–H groups in total. The number of ether oxygens (including phenoxy) is 3. The number of benzene rings is 1. The minimum absolute atomic E-state index is 0.0439. The van der Waals surface area contributed by atoms with Gasteiger partial charge in [-0.25, -0.2) is 14.3 Å². The molecule has 2 unspecified atom stereocenters. The van der Waals surface area contributed by atoms with E-state index < -0.39 is 12.3 Å². The average molecular weight is 598 g/mol. The number of carbonyl (C=O) groups is 1. The highest BCUT2D eigenvalue weighted by molar-refractivity contribution is 5.87. The standard InChI is InChI=1S/C30H30F3N5O5/c1-2-40-29(39)23-15-37-25(34-23)11-12-26(35-37)38-18-9-10-19(38)14-20(13-18)41-16-22-27(36-43-28(22)17-7-8-17)21-5-3-4-6-24(21)42-30(31,32)33/h3-6,11-12,15,17-20H,2,7-10,13-14,16H2,1H3. The number of esters is 1. The summed E-state index contributed by atoms with van der Waals surface area (Å²) in [6, 6.07) is 10.2. The van der Waals surface area contributed by atoms with E-state index in [1.54, 1.807) is 29.8 Å². The number of imidazole rings is 1. The van der Waals surface area contributed by atoms with Crippen LogP contribution in [0.15, 0.2) is 47.1 Å². The molecule has 7 rings (SSSR count). The Morgan fingerprint density at radius 1 is 1.07 bits per heavy atom. The van der Waals surface area contributed by atoms with Gasteiger partial charge in [-0.3, -0.25) is 0 Å². The first kappa shape index (κ1) is 27.7. The zero-order valence-electron chi connectivity index (χ0n) is 23.4. The lowest BCUT2D eigenvalue weighted by atomic mass is 9.99. The van der Waals surface area contributed by atoms with Gasteiger partial charge in [-0.15, -0.1) is 18.3 Å². The molecule has 2 aliphatic heterocycles. The molecule has 1 aliphatic carbocycles. The number of rotatable bonds is 9. The van der Waals surface area contributed by atoms with E-state index in [9.17, 15) is 18.0 Å². The first-order valence-corrected chi connectivity index (χ1v) is 14.5. The molecule has 0 spiro atoms. The van der Waals surface area contributed by atoms with Crippen LogP contribution < -0.4 is 9.64 Å². The summed E-state index contributed by atoms with van der Waals surface area (Å²) in [4.78, 5) is 18.8. The molecule has 1 saturated carbocycles. The lowest BCUT2D eigenvalue weighted by Gasteiger charge is -2.39. The summed E-state index contributed by atoms with van der Waals surface area (Å²) in [5, 5.41) is 8.94. The van der Waals surface area contributed by atoms with Crippen molar-refractivity contribution >= 4 is 17.4 Å². The van der Waals surface area contributed by atoms with Crippen molar-refractivity contribution in [1.29, 1.82) is 0 Å². The van der Waals surface area contributed by atoms with Crippen molar-refractivity contribution in [3.05, 3.63) is 59.6 Å². The number of halogens is 3. The summed E-state index contributed by atoms with van der Waals surface area (Å²) < 4.78 is 62.5. The number of aromatic nitrogens is 4. The number of fused-ring (bicyclic) bond motifs is 3. The molecule has 5 heterocycles. The number of carbonyl (C=O) groups excluding carboxylic acids is 1. The smallest absolute Gasteiger partial charge is 0.461 e. The molecule has 10 nitrogen and oxygen atoms in total. The van der Waals surface area contributed by atoms with Gasteiger partial charge in [0.15, 0.2) is 11.3 Å². The van der Waals surface area contributed by atoms with Crippen molar-refractivity contribution in [1.82, 2.24) is 19.8 Å². The predicted molar refractivity (Wildman–Crippen MR) is 147 cm³/mol. The van der Waals surface area contributed by atoms with Gasteiger partial charge in [0.2, 0.25) is 0 Å². The van der Waals surface area contributed by atoms with Crippen LogP contribution in [0.2, 0.25) is 0 Å². The van der Waals surface area contributed by atoms with E-state index in [0.717, 1.165) is 44.3 Å². The summed E-state index contributed by atoms with van der Waals surface area (Å²) in [6.45, 7) is 2.20. The molecule has 2 bridgehead atoms. The highest BCUT2D eigenvalue weighted by Gasteiger charge is 2.43. The average Bonchev–Trinajstić information content (AvgIpc) is 3.48. The quantitative estimate of drug-likeness (QED) is 0.213. The van der Waals surface area contributed by atoms with E-state index >= 15 is 0 Å². The molecule has 3 aliphatic rings. The van der Waals surface area contributed by atoms with Gasteiger partial charge in [-0.1, -0.05) is 17.3 Å². The molecule has 0 radical (unpaired) electrons. The zero-order chi connectivity index (χ0) is 29.7.